The van der Waals surface area contributed by atoms with Crippen molar-refractivity contribution < 1.29 is 21.8 Å². The van der Waals surface area contributed by atoms with Crippen LogP contribution in [0.2, 0.25) is 0 Å². The van der Waals surface area contributed by atoms with Gasteiger partial charge in [0.1, 0.15) is 0 Å². The second-order valence-corrected chi connectivity index (χ2v) is 2.47. The number of carbonyl (C=O) groups is 1. The predicted octanol–water partition coefficient (Wildman–Crippen LogP) is 0.0225. The summed E-state index contributed by atoms with van der Waals surface area (Å²) in [5.74, 6) is 0.00213. The summed E-state index contributed by atoms with van der Waals surface area (Å²) in [6.45, 7) is 0.492. The van der Waals surface area contributed by atoms with Gasteiger partial charge in [0.25, 0.3) is 0 Å². The van der Waals surface area contributed by atoms with Crippen molar-refractivity contribution in [3.63, 3.8) is 0 Å². The quantitative estimate of drug-likeness (QED) is 0.516. The summed E-state index contributed by atoms with van der Waals surface area (Å²) >= 11 is 2.27. The molecule has 0 bridgehead atoms. The van der Waals surface area contributed by atoms with Gasteiger partial charge in [0.2, 0.25) is 0 Å². The van der Waals surface area contributed by atoms with Crippen LogP contribution >= 0.6 is 0 Å². The van der Waals surface area contributed by atoms with Gasteiger partial charge in [0.15, 0.2) is 0 Å². The summed E-state index contributed by atoms with van der Waals surface area (Å²) in [6, 6.07) is 0. The first kappa shape index (κ1) is 7.57. The van der Waals surface area contributed by atoms with E-state index in [1.54, 1.807) is 22.8 Å². The molecule has 0 spiro atoms. The van der Waals surface area contributed by atoms with Crippen LogP contribution in [0.25, 0.3) is 5.32 Å². The molecule has 1 aliphatic rings. The fourth-order valence-electron chi connectivity index (χ4n) is 0.704. The molecular weight excluding hydrogens is 167 g/mol. The first-order valence-electron chi connectivity index (χ1n) is 2.86. The predicted molar refractivity (Wildman–Crippen MR) is 35.1 cm³/mol. The van der Waals surface area contributed by atoms with E-state index in [2.05, 4.69) is 22.3 Å². The minimum atomic E-state index is 0.00213. The average molecular weight is 174 g/mol. The van der Waals surface area contributed by atoms with Crippen LogP contribution in [0.3, 0.4) is 0 Å². The van der Waals surface area contributed by atoms with Crippen LogP contribution < -0.4 is 0 Å². The molecule has 1 aliphatic heterocycles. The van der Waals surface area contributed by atoms with E-state index in [1.165, 1.54) is 0 Å². The molecule has 0 unspecified atom stereocenters. The summed E-state index contributed by atoms with van der Waals surface area (Å²) in [5, 5.41) is 3.98. The van der Waals surface area contributed by atoms with E-state index >= 15 is 0 Å². The van der Waals surface area contributed by atoms with Gasteiger partial charge in [0, 0.05) is 0 Å². The van der Waals surface area contributed by atoms with Gasteiger partial charge in [-0.25, -0.2) is 0 Å². The van der Waals surface area contributed by atoms with E-state index in [1.807, 2.05) is 0 Å². The topological polar surface area (TPSA) is 34.4 Å². The van der Waals surface area contributed by atoms with E-state index in [4.69, 9.17) is 0 Å². The molecule has 1 heterocycles. The Balaban J connectivity index is 2.75. The SMILES string of the molecule is CN1C[N-]/C(=C\[CH]=[V])C1=O. The fourth-order valence-corrected chi connectivity index (χ4v) is 0.925. The molecule has 0 N–H and O–H groups in total. The monoisotopic (exact) mass is 174 g/mol. The van der Waals surface area contributed by atoms with Crippen molar-refractivity contribution in [1.29, 1.82) is 0 Å². The standard InChI is InChI=1S/C6H7N2O.V/c1-3-5-6(9)8(2)4-7-5;/h1,3H,4H2,2H3;/q-1;/b5-3-;. The molecule has 4 heteroatoms. The Hall–Kier alpha value is -0.536. The molecule has 0 aromatic carbocycles. The van der Waals surface area contributed by atoms with Crippen LogP contribution in [0.5, 0.6) is 0 Å². The normalized spacial score (nSPS) is 21.4. The number of amides is 1. The van der Waals surface area contributed by atoms with Gasteiger partial charge in [0.05, 0.1) is 0 Å². The van der Waals surface area contributed by atoms with Gasteiger partial charge in [-0.15, -0.1) is 0 Å². The third-order valence-electron chi connectivity index (χ3n) is 1.25. The van der Waals surface area contributed by atoms with Crippen LogP contribution in [0.15, 0.2) is 11.8 Å². The summed E-state index contributed by atoms with van der Waals surface area (Å²) < 4.78 is 1.75. The molecule has 1 rings (SSSR count). The third-order valence-corrected chi connectivity index (χ3v) is 1.48. The second-order valence-electron chi connectivity index (χ2n) is 2.00. The molecule has 1 fully saturated rings. The van der Waals surface area contributed by atoms with Crippen molar-refractivity contribution in [2.24, 2.45) is 0 Å². The molecular formula is C6H7N2OV-. The molecule has 1 amide bonds. The second kappa shape index (κ2) is 3.04. The maximum absolute atomic E-state index is 11.0. The van der Waals surface area contributed by atoms with E-state index in [9.17, 15) is 4.79 Å². The first-order chi connectivity index (χ1) is 4.75. The van der Waals surface area contributed by atoms with E-state index < -0.39 is 0 Å². The summed E-state index contributed by atoms with van der Waals surface area (Å²) in [5.41, 5.74) is 0.545. The zero-order valence-electron chi connectivity index (χ0n) is 5.61. The minimum absolute atomic E-state index is 0.00213. The van der Waals surface area contributed by atoms with Gasteiger partial charge >= 0.3 is 68.1 Å². The van der Waals surface area contributed by atoms with Crippen molar-refractivity contribution in [1.82, 2.24) is 4.90 Å². The molecule has 53 valence electrons. The Labute approximate surface area is 68.6 Å². The Morgan fingerprint density at radius 2 is 2.50 bits per heavy atom. The van der Waals surface area contributed by atoms with Gasteiger partial charge < -0.3 is 0 Å². The zero-order valence-corrected chi connectivity index (χ0v) is 7.01. The maximum atomic E-state index is 11.0. The summed E-state index contributed by atoms with van der Waals surface area (Å²) in [7, 11) is 1.73. The molecule has 0 saturated carbocycles. The number of allylic oxidation sites excluding steroid dienone is 1. The summed E-state index contributed by atoms with van der Waals surface area (Å²) in [6.07, 6.45) is 1.70. The number of nitrogens with zero attached hydrogens (tertiary/aromatic N) is 2. The molecule has 0 aliphatic carbocycles. The van der Waals surface area contributed by atoms with Crippen molar-refractivity contribution in [3.05, 3.63) is 17.1 Å². The van der Waals surface area contributed by atoms with E-state index in [0.29, 0.717) is 12.4 Å². The van der Waals surface area contributed by atoms with Gasteiger partial charge in [-0.1, -0.05) is 0 Å². The van der Waals surface area contributed by atoms with Crippen LogP contribution in [-0.2, 0) is 21.8 Å². The first-order valence-corrected chi connectivity index (χ1v) is 3.67. The van der Waals surface area contributed by atoms with Crippen LogP contribution in [-0.4, -0.2) is 29.3 Å². The van der Waals surface area contributed by atoms with Crippen molar-refractivity contribution in [3.8, 4) is 0 Å². The van der Waals surface area contributed by atoms with Gasteiger partial charge in [-0.3, -0.25) is 0 Å². The van der Waals surface area contributed by atoms with Crippen LogP contribution in [0, 0.1) is 0 Å². The zero-order chi connectivity index (χ0) is 7.56. The average Bonchev–Trinajstić information content (AvgIpc) is 2.20. The number of carbonyl (C=O) groups excluding carboxylic acids is 1. The van der Waals surface area contributed by atoms with Gasteiger partial charge in [-0.05, 0) is 0 Å². The molecule has 1 saturated heterocycles. The number of rotatable bonds is 1. The van der Waals surface area contributed by atoms with Crippen molar-refractivity contribution >= 4 is 10.6 Å². The molecule has 0 radical (unpaired) electrons. The molecule has 0 aromatic heterocycles. The van der Waals surface area contributed by atoms with Crippen LogP contribution in [0.4, 0.5) is 0 Å². The Morgan fingerprint density at radius 3 is 2.90 bits per heavy atom. The Bertz CT molecular complexity index is 200. The summed E-state index contributed by atoms with van der Waals surface area (Å²) in [4.78, 5) is 12.6. The third kappa shape index (κ3) is 1.30. The molecule has 0 atom stereocenters. The number of hydrogen-bond acceptors (Lipinski definition) is 1. The Kier molecular flexibility index (Phi) is 2.30. The van der Waals surface area contributed by atoms with E-state index in [-0.39, 0.29) is 5.91 Å². The number of likely N-dealkylation sites (N-methyl/N-ethyl adjacent to an activating group) is 1. The molecule has 0 aromatic rings. The van der Waals surface area contributed by atoms with Crippen LogP contribution in [0.1, 0.15) is 0 Å². The number of hydrogen-bond donors (Lipinski definition) is 0. The van der Waals surface area contributed by atoms with Crippen molar-refractivity contribution in [2.45, 2.75) is 0 Å². The molecule has 10 heavy (non-hydrogen) atoms. The van der Waals surface area contributed by atoms with Crippen molar-refractivity contribution in [2.75, 3.05) is 13.7 Å². The molecule has 3 nitrogen and oxygen atoms in total. The van der Waals surface area contributed by atoms with E-state index in [0.717, 1.165) is 0 Å². The fraction of sp³-hybridized carbons (Fsp3) is 0.333. The Morgan fingerprint density at radius 1 is 1.80 bits per heavy atom. The van der Waals surface area contributed by atoms with Gasteiger partial charge in [-0.2, -0.15) is 0 Å².